The molecule has 0 aromatic heterocycles. The van der Waals surface area contributed by atoms with Crippen molar-refractivity contribution in [3.63, 3.8) is 0 Å². The molecule has 2 rings (SSSR count). The lowest BCUT2D eigenvalue weighted by molar-refractivity contribution is 0.571. The van der Waals surface area contributed by atoms with Gasteiger partial charge in [0.15, 0.2) is 0 Å². The molecule has 1 unspecified atom stereocenters. The minimum Gasteiger partial charge on any atom is -0.310 e. The van der Waals surface area contributed by atoms with Gasteiger partial charge in [0, 0.05) is 6.04 Å². The van der Waals surface area contributed by atoms with Crippen LogP contribution in [-0.2, 0) is 0 Å². The van der Waals surface area contributed by atoms with Gasteiger partial charge >= 0.3 is 0 Å². The minimum atomic E-state index is 0.439. The maximum Gasteiger partial charge on any atom is 0.0291 e. The highest BCUT2D eigenvalue weighted by atomic mass is 14.9. The average Bonchev–Trinajstić information content (AvgIpc) is 2.54. The Balaban J connectivity index is 0.000000262. The molecule has 0 amide bonds. The molecular weight excluding hydrogens is 254 g/mol. The summed E-state index contributed by atoms with van der Waals surface area (Å²) in [5, 5.41) is 3.46. The molecule has 0 heterocycles. The van der Waals surface area contributed by atoms with Crippen molar-refractivity contribution in [1.82, 2.24) is 5.32 Å². The first-order chi connectivity index (χ1) is 10.2. The second-order valence-corrected chi connectivity index (χ2v) is 5.20. The number of hydrogen-bond acceptors (Lipinski definition) is 1. The van der Waals surface area contributed by atoms with Crippen LogP contribution in [0.4, 0.5) is 0 Å². The lowest BCUT2D eigenvalue weighted by Gasteiger charge is -2.13. The Labute approximate surface area is 129 Å². The third-order valence-electron chi connectivity index (χ3n) is 3.31. The maximum atomic E-state index is 3.74. The first kappa shape index (κ1) is 17.2. The minimum absolute atomic E-state index is 0.439. The molecule has 1 heteroatoms. The van der Waals surface area contributed by atoms with Crippen LogP contribution in [0.25, 0.3) is 6.08 Å². The summed E-state index contributed by atoms with van der Waals surface area (Å²) in [5.41, 5.74) is 3.84. The van der Waals surface area contributed by atoms with E-state index in [0.29, 0.717) is 6.04 Å². The molecule has 1 atom stereocenters. The van der Waals surface area contributed by atoms with Gasteiger partial charge < -0.3 is 5.32 Å². The second-order valence-electron chi connectivity index (χ2n) is 5.20. The molecule has 112 valence electrons. The van der Waals surface area contributed by atoms with E-state index in [4.69, 9.17) is 0 Å². The summed E-state index contributed by atoms with van der Waals surface area (Å²) in [6.07, 6.45) is 3.04. The number of benzene rings is 2. The highest BCUT2D eigenvalue weighted by Crippen LogP contribution is 2.13. The van der Waals surface area contributed by atoms with Crippen molar-refractivity contribution in [2.45, 2.75) is 33.2 Å². The van der Waals surface area contributed by atoms with Crippen molar-refractivity contribution in [1.29, 1.82) is 0 Å². The summed E-state index contributed by atoms with van der Waals surface area (Å²) < 4.78 is 0. The zero-order valence-corrected chi connectivity index (χ0v) is 13.5. The molecule has 2 aromatic rings. The highest BCUT2D eigenvalue weighted by Gasteiger charge is 2.02. The van der Waals surface area contributed by atoms with Crippen LogP contribution in [0, 0.1) is 6.92 Å². The molecule has 0 bridgehead atoms. The molecule has 1 N–H and O–H groups in total. The Morgan fingerprint density at radius 1 is 1.05 bits per heavy atom. The number of nitrogens with one attached hydrogen (secondary N) is 1. The summed E-state index contributed by atoms with van der Waals surface area (Å²) in [6, 6.07) is 19.2. The summed E-state index contributed by atoms with van der Waals surface area (Å²) in [5.74, 6) is 0. The predicted molar refractivity (Wildman–Crippen MR) is 94.4 cm³/mol. The van der Waals surface area contributed by atoms with E-state index < -0.39 is 0 Å². The standard InChI is InChI=1S/C13H19N.C7H8/c1-4-10-14-11(3)13-8-6-12(5-2)7-9-13;1-7-5-3-2-4-6-7/h5-9,11,14H,2,4,10H2,1,3H3;2-6H,1H3. The van der Waals surface area contributed by atoms with Crippen LogP contribution in [0.5, 0.6) is 0 Å². The Bertz CT molecular complexity index is 499. The van der Waals surface area contributed by atoms with Gasteiger partial charge in [0.2, 0.25) is 0 Å². The van der Waals surface area contributed by atoms with Crippen molar-refractivity contribution in [2.75, 3.05) is 6.54 Å². The third kappa shape index (κ3) is 6.92. The number of rotatable bonds is 5. The van der Waals surface area contributed by atoms with E-state index in [1.54, 1.807) is 0 Å². The topological polar surface area (TPSA) is 12.0 Å². The highest BCUT2D eigenvalue weighted by molar-refractivity contribution is 5.47. The van der Waals surface area contributed by atoms with E-state index in [2.05, 4.69) is 69.1 Å². The maximum absolute atomic E-state index is 3.74. The van der Waals surface area contributed by atoms with Crippen LogP contribution in [0.3, 0.4) is 0 Å². The lowest BCUT2D eigenvalue weighted by atomic mass is 10.1. The lowest BCUT2D eigenvalue weighted by Crippen LogP contribution is -2.19. The van der Waals surface area contributed by atoms with E-state index in [1.807, 2.05) is 24.3 Å². The molecular formula is C20H27N. The van der Waals surface area contributed by atoms with Crippen molar-refractivity contribution < 1.29 is 0 Å². The molecule has 0 aliphatic carbocycles. The van der Waals surface area contributed by atoms with Gasteiger partial charge in [0.05, 0.1) is 0 Å². The molecule has 2 aromatic carbocycles. The summed E-state index contributed by atoms with van der Waals surface area (Å²) >= 11 is 0. The normalized spacial score (nSPS) is 11.2. The Hall–Kier alpha value is -1.86. The Morgan fingerprint density at radius 3 is 2.10 bits per heavy atom. The van der Waals surface area contributed by atoms with Crippen molar-refractivity contribution in [2.24, 2.45) is 0 Å². The molecule has 0 aliphatic rings. The third-order valence-corrected chi connectivity index (χ3v) is 3.31. The average molecular weight is 281 g/mol. The summed E-state index contributed by atoms with van der Waals surface area (Å²) in [6.45, 7) is 11.3. The molecule has 0 saturated carbocycles. The van der Waals surface area contributed by atoms with Gasteiger partial charge in [-0.3, -0.25) is 0 Å². The molecule has 0 saturated heterocycles. The fourth-order valence-electron chi connectivity index (χ4n) is 1.93. The van der Waals surface area contributed by atoms with E-state index >= 15 is 0 Å². The fourth-order valence-corrected chi connectivity index (χ4v) is 1.93. The van der Waals surface area contributed by atoms with Gasteiger partial charge in [-0.1, -0.05) is 79.7 Å². The van der Waals surface area contributed by atoms with E-state index in [-0.39, 0.29) is 0 Å². The van der Waals surface area contributed by atoms with Gasteiger partial charge in [-0.15, -0.1) is 0 Å². The molecule has 0 aliphatic heterocycles. The fraction of sp³-hybridized carbons (Fsp3) is 0.300. The van der Waals surface area contributed by atoms with Gasteiger partial charge in [0.25, 0.3) is 0 Å². The monoisotopic (exact) mass is 281 g/mol. The van der Waals surface area contributed by atoms with Crippen molar-refractivity contribution in [3.05, 3.63) is 77.9 Å². The number of hydrogen-bond donors (Lipinski definition) is 1. The Morgan fingerprint density at radius 2 is 1.67 bits per heavy atom. The van der Waals surface area contributed by atoms with Crippen LogP contribution < -0.4 is 5.32 Å². The smallest absolute Gasteiger partial charge is 0.0291 e. The van der Waals surface area contributed by atoms with Crippen molar-refractivity contribution in [3.8, 4) is 0 Å². The summed E-state index contributed by atoms with van der Waals surface area (Å²) in [4.78, 5) is 0. The van der Waals surface area contributed by atoms with Gasteiger partial charge in [-0.2, -0.15) is 0 Å². The zero-order chi connectivity index (χ0) is 15.5. The van der Waals surface area contributed by atoms with Crippen LogP contribution in [0.1, 0.15) is 43.0 Å². The van der Waals surface area contributed by atoms with Gasteiger partial charge in [-0.25, -0.2) is 0 Å². The quantitative estimate of drug-likeness (QED) is 0.775. The van der Waals surface area contributed by atoms with Gasteiger partial charge in [-0.05, 0) is 37.9 Å². The SMILES string of the molecule is C=Cc1ccc(C(C)NCCC)cc1.Cc1ccccc1. The van der Waals surface area contributed by atoms with Crippen LogP contribution in [0.15, 0.2) is 61.2 Å². The van der Waals surface area contributed by atoms with Crippen LogP contribution in [0.2, 0.25) is 0 Å². The first-order valence-corrected chi connectivity index (χ1v) is 7.64. The van der Waals surface area contributed by atoms with Crippen molar-refractivity contribution >= 4 is 6.08 Å². The predicted octanol–water partition coefficient (Wildman–Crippen LogP) is 5.39. The number of aryl methyl sites for hydroxylation is 1. The van der Waals surface area contributed by atoms with E-state index in [9.17, 15) is 0 Å². The molecule has 0 spiro atoms. The summed E-state index contributed by atoms with van der Waals surface area (Å²) in [7, 11) is 0. The van der Waals surface area contributed by atoms with Gasteiger partial charge in [0.1, 0.15) is 0 Å². The van der Waals surface area contributed by atoms with Crippen LogP contribution >= 0.6 is 0 Å². The largest absolute Gasteiger partial charge is 0.310 e. The molecule has 21 heavy (non-hydrogen) atoms. The van der Waals surface area contributed by atoms with E-state index in [1.165, 1.54) is 23.1 Å². The molecule has 0 fully saturated rings. The van der Waals surface area contributed by atoms with E-state index in [0.717, 1.165) is 6.54 Å². The first-order valence-electron chi connectivity index (χ1n) is 7.64. The Kier molecular flexibility index (Phi) is 8.15. The molecule has 1 nitrogen and oxygen atoms in total. The second kappa shape index (κ2) is 9.95. The zero-order valence-electron chi connectivity index (χ0n) is 13.5. The van der Waals surface area contributed by atoms with Crippen LogP contribution in [-0.4, -0.2) is 6.54 Å². The molecule has 0 radical (unpaired) electrons.